The number of esters is 2. The van der Waals surface area contributed by atoms with Crippen LogP contribution in [0, 0.1) is 88.8 Å². The molecule has 6 rings (SSSR count). The maximum atomic E-state index is 13.4. The van der Waals surface area contributed by atoms with Gasteiger partial charge < -0.3 is 40.1 Å². The number of ether oxygens (including phenoxy) is 2. The molecule has 0 radical (unpaired) electrons. The average molecular weight is 1230 g/mol. The van der Waals surface area contributed by atoms with Crippen molar-refractivity contribution >= 4 is 104 Å². The molecule has 0 saturated heterocycles. The Morgan fingerprint density at radius 3 is 1.00 bits per heavy atom. The molecule has 3 fully saturated rings. The average Bonchev–Trinajstić information content (AvgIpc) is 2.67. The molecule has 3 aliphatic rings. The number of carbonyl (C=O) groups excluding carboxylic acids is 7. The molecule has 3 heterocycles. The summed E-state index contributed by atoms with van der Waals surface area (Å²) in [4.78, 5) is 118. The number of anilines is 3. The van der Waals surface area contributed by atoms with Crippen LogP contribution in [0.4, 0.5) is 17.1 Å². The summed E-state index contributed by atoms with van der Waals surface area (Å²) in [6.45, 7) is 17.4. The number of methoxy groups -OCH3 is 2. The number of thiophene rings is 3. The minimum atomic E-state index is -1.13. The number of hydrogen-bond acceptors (Lipinski definition) is 14. The van der Waals surface area contributed by atoms with Gasteiger partial charge in [-0.1, -0.05) is 97.8 Å². The zero-order chi connectivity index (χ0) is 63.2. The minimum Gasteiger partial charge on any atom is -0.480 e. The highest BCUT2D eigenvalue weighted by atomic mass is 32.1. The first-order chi connectivity index (χ1) is 40.2. The third-order valence-corrected chi connectivity index (χ3v) is 17.8. The van der Waals surface area contributed by atoms with Crippen LogP contribution in [0.15, 0.2) is 18.2 Å². The van der Waals surface area contributed by atoms with Crippen molar-refractivity contribution in [2.24, 2.45) is 53.3 Å². The summed E-state index contributed by atoms with van der Waals surface area (Å²) in [6, 6.07) is 4.97. The van der Waals surface area contributed by atoms with Crippen molar-refractivity contribution in [3.05, 3.63) is 47.5 Å². The second kappa shape index (κ2) is 34.2. The lowest BCUT2D eigenvalue weighted by Crippen LogP contribution is -2.44. The summed E-state index contributed by atoms with van der Waals surface area (Å²) in [5.74, 6) is 15.2. The summed E-state index contributed by atoms with van der Waals surface area (Å²) < 4.78 is 9.77. The predicted molar refractivity (Wildman–Crippen MR) is 334 cm³/mol. The van der Waals surface area contributed by atoms with Crippen molar-refractivity contribution in [1.29, 1.82) is 0 Å². The standard InChI is InChI=1S/C22H30N2O4S.C21H28N2O4S.C21H27NO5S/c1-14(2)6-11-17-12-18(20(29-17)22(27)28-5)24(13-19(25)23-4)21(26)16-9-7-15(3)8-10-16;1-13(2)5-10-16-11-17(19(28-16)21(26)27)23(12-18(24)22-4)20(25)15-8-6-14(3)7-9-15;1-13(2)5-10-16-11-17(19(28-16)21(26)27-4)22(12-18(23)24)20(25)15-8-6-14(3)7-9-15/h12,14-16H,7-10,13H2,1-5H3,(H,23,25);11,13-15H,6-9,12H2,1-4H3,(H,22,24)(H,26,27);11,13-15H,6-9,12H2,1-4H3,(H,23,24). The third-order valence-electron chi connectivity index (χ3n) is 14.7. The number of nitrogens with zero attached hydrogens (tertiary/aromatic N) is 3. The molecule has 0 spiro atoms. The van der Waals surface area contributed by atoms with Gasteiger partial charge in [-0.25, -0.2) is 14.4 Å². The lowest BCUT2D eigenvalue weighted by atomic mass is 9.82. The number of carboxylic acid groups (broad SMARTS) is 2. The van der Waals surface area contributed by atoms with Crippen LogP contribution in [0.3, 0.4) is 0 Å². The molecule has 0 bridgehead atoms. The molecule has 4 N–H and O–H groups in total. The number of aromatic carboxylic acids is 1. The Bertz CT molecular complexity index is 3040. The van der Waals surface area contributed by atoms with Gasteiger partial charge in [0.15, 0.2) is 0 Å². The van der Waals surface area contributed by atoms with E-state index < -0.39 is 30.4 Å². The van der Waals surface area contributed by atoms with E-state index in [0.29, 0.717) is 42.9 Å². The number of carboxylic acids is 2. The predicted octanol–water partition coefficient (Wildman–Crippen LogP) is 10.6. The van der Waals surface area contributed by atoms with Gasteiger partial charge >= 0.3 is 23.9 Å². The summed E-state index contributed by atoms with van der Waals surface area (Å²) in [5, 5.41) is 24.1. The highest BCUT2D eigenvalue weighted by molar-refractivity contribution is 7.16. The van der Waals surface area contributed by atoms with Crippen LogP contribution in [-0.4, -0.2) is 112 Å². The molecular weight excluding hydrogens is 1140 g/mol. The Morgan fingerprint density at radius 1 is 0.482 bits per heavy atom. The SMILES string of the molecule is CNC(=O)CN(C(=O)C1CCC(C)CC1)c1cc(C#CC(C)C)sc1C(=O)O.CNC(=O)CN(C(=O)C1CCC(C)CC1)c1cc(C#CC(C)C)sc1C(=O)OC.COC(=O)c1sc(C#CC(C)C)cc1N(CC(=O)O)C(=O)C1CCC(C)CC1. The van der Waals surface area contributed by atoms with E-state index >= 15 is 0 Å². The lowest BCUT2D eigenvalue weighted by Gasteiger charge is -2.30. The first-order valence-corrected chi connectivity index (χ1v) is 31.6. The Labute approximate surface area is 513 Å². The number of hydrogen-bond donors (Lipinski definition) is 4. The number of likely N-dealkylation sites (N-methyl/N-ethyl adjacent to an activating group) is 2. The fourth-order valence-corrected chi connectivity index (χ4v) is 12.6. The van der Waals surface area contributed by atoms with E-state index in [1.165, 1.54) is 54.4 Å². The zero-order valence-corrected chi connectivity index (χ0v) is 53.9. The van der Waals surface area contributed by atoms with Crippen LogP contribution in [0.5, 0.6) is 0 Å². The first kappa shape index (κ1) is 70.5. The maximum absolute atomic E-state index is 13.4. The van der Waals surface area contributed by atoms with Crippen molar-refractivity contribution in [1.82, 2.24) is 10.6 Å². The first-order valence-electron chi connectivity index (χ1n) is 29.1. The number of rotatable bonds is 15. The summed E-state index contributed by atoms with van der Waals surface area (Å²) in [7, 11) is 5.59. The normalized spacial score (nSPS) is 18.8. The molecule has 5 amide bonds. The highest BCUT2D eigenvalue weighted by Gasteiger charge is 2.36. The molecule has 462 valence electrons. The lowest BCUT2D eigenvalue weighted by molar-refractivity contribution is -0.137. The van der Waals surface area contributed by atoms with E-state index in [-0.39, 0.29) is 99.3 Å². The van der Waals surface area contributed by atoms with Gasteiger partial charge in [-0.2, -0.15) is 0 Å². The van der Waals surface area contributed by atoms with Crippen molar-refractivity contribution in [3.63, 3.8) is 0 Å². The van der Waals surface area contributed by atoms with E-state index in [1.54, 1.807) is 18.2 Å². The molecule has 3 saturated carbocycles. The van der Waals surface area contributed by atoms with Crippen molar-refractivity contribution < 1.29 is 62.8 Å². The third kappa shape index (κ3) is 21.5. The molecule has 3 aromatic rings. The van der Waals surface area contributed by atoms with Crippen molar-refractivity contribution in [2.45, 2.75) is 139 Å². The monoisotopic (exact) mass is 1230 g/mol. The molecule has 0 unspecified atom stereocenters. The maximum Gasteiger partial charge on any atom is 0.350 e. The minimum absolute atomic E-state index is 0.0366. The molecule has 0 atom stereocenters. The Hall–Kier alpha value is -6.99. The number of aliphatic carboxylic acids is 1. The van der Waals surface area contributed by atoms with Gasteiger partial charge in [0.2, 0.25) is 29.5 Å². The van der Waals surface area contributed by atoms with Crippen LogP contribution >= 0.6 is 34.0 Å². The molecule has 3 aromatic heterocycles. The molecular formula is C64H85N5O13S3. The van der Waals surface area contributed by atoms with Crippen LogP contribution in [-0.2, 0) is 38.2 Å². The molecule has 0 aromatic carbocycles. The van der Waals surface area contributed by atoms with Crippen molar-refractivity contribution in [3.8, 4) is 35.5 Å². The fourth-order valence-electron chi connectivity index (χ4n) is 9.82. The smallest absolute Gasteiger partial charge is 0.350 e. The van der Waals surface area contributed by atoms with Crippen molar-refractivity contribution in [2.75, 3.05) is 62.6 Å². The van der Waals surface area contributed by atoms with Gasteiger partial charge in [0.1, 0.15) is 34.3 Å². The molecule has 18 nitrogen and oxygen atoms in total. The van der Waals surface area contributed by atoms with Gasteiger partial charge in [0.25, 0.3) is 0 Å². The summed E-state index contributed by atoms with van der Waals surface area (Å²) in [5.41, 5.74) is 0.941. The second-order valence-corrected chi connectivity index (χ2v) is 26.1. The molecule has 85 heavy (non-hydrogen) atoms. The van der Waals surface area contributed by atoms with Gasteiger partial charge in [0, 0.05) is 49.6 Å². The highest BCUT2D eigenvalue weighted by Crippen LogP contribution is 2.39. The Morgan fingerprint density at radius 2 is 0.753 bits per heavy atom. The van der Waals surface area contributed by atoms with Gasteiger partial charge in [0.05, 0.1) is 45.9 Å². The van der Waals surface area contributed by atoms with Crippen LogP contribution in [0.2, 0.25) is 0 Å². The largest absolute Gasteiger partial charge is 0.480 e. The fraction of sp³-hybridized carbons (Fsp3) is 0.578. The van der Waals surface area contributed by atoms with Crippen LogP contribution in [0.25, 0.3) is 0 Å². The summed E-state index contributed by atoms with van der Waals surface area (Å²) in [6.07, 6.45) is 10.4. The van der Waals surface area contributed by atoms with Gasteiger partial charge in [-0.15, -0.1) is 34.0 Å². The number of carbonyl (C=O) groups is 9. The van der Waals surface area contributed by atoms with E-state index in [0.717, 1.165) is 99.7 Å². The second-order valence-electron chi connectivity index (χ2n) is 22.9. The quantitative estimate of drug-likeness (QED) is 0.0818. The Balaban J connectivity index is 0.000000273. The Kier molecular flexibility index (Phi) is 28.4. The van der Waals surface area contributed by atoms with Crippen LogP contribution < -0.4 is 25.3 Å². The molecule has 0 aliphatic heterocycles. The molecule has 21 heteroatoms. The van der Waals surface area contributed by atoms with E-state index in [9.17, 15) is 53.4 Å². The van der Waals surface area contributed by atoms with Gasteiger partial charge in [-0.3, -0.25) is 33.7 Å². The topological polar surface area (TPSA) is 246 Å². The van der Waals surface area contributed by atoms with E-state index in [2.05, 4.69) is 66.9 Å². The summed E-state index contributed by atoms with van der Waals surface area (Å²) >= 11 is 3.35. The number of nitrogens with one attached hydrogen (secondary N) is 2. The van der Waals surface area contributed by atoms with E-state index in [4.69, 9.17) is 9.47 Å². The zero-order valence-electron chi connectivity index (χ0n) is 51.5. The molecule has 3 aliphatic carbocycles. The van der Waals surface area contributed by atoms with Gasteiger partial charge in [-0.05, 0) is 113 Å². The number of amides is 5. The van der Waals surface area contributed by atoms with Crippen LogP contribution in [0.1, 0.15) is 183 Å². The van der Waals surface area contributed by atoms with E-state index in [1.807, 2.05) is 41.5 Å².